The summed E-state index contributed by atoms with van der Waals surface area (Å²) in [5, 5.41) is 3.29. The highest BCUT2D eigenvalue weighted by molar-refractivity contribution is 9.24. The lowest BCUT2D eigenvalue weighted by Gasteiger charge is -2.27. The fourth-order valence-corrected chi connectivity index (χ4v) is 6.59. The van der Waals surface area contributed by atoms with E-state index in [4.69, 9.17) is 9.47 Å². The van der Waals surface area contributed by atoms with Gasteiger partial charge in [0.2, 0.25) is 0 Å². The molecule has 0 amide bonds. The Morgan fingerprint density at radius 2 is 1.07 bits per heavy atom. The second kappa shape index (κ2) is 25.5. The molecule has 7 heteroatoms. The van der Waals surface area contributed by atoms with E-state index in [2.05, 4.69) is 51.0 Å². The van der Waals surface area contributed by atoms with Crippen LogP contribution in [0.3, 0.4) is 0 Å². The smallest absolute Gasteiger partial charge is 0.340 e. The second-order valence-electron chi connectivity index (χ2n) is 12.3. The predicted octanol–water partition coefficient (Wildman–Crippen LogP) is 11.3. The first-order valence-corrected chi connectivity index (χ1v) is 19.7. The molecule has 1 aromatic carbocycles. The van der Waals surface area contributed by atoms with Crippen molar-refractivity contribution in [3.8, 4) is 0 Å². The zero-order valence-corrected chi connectivity index (χ0v) is 31.3. The molecule has 0 radical (unpaired) electrons. The lowest BCUT2D eigenvalue weighted by Crippen LogP contribution is -2.34. The number of allylic oxidation sites excluding steroid dienone is 1. The Morgan fingerprint density at radius 3 is 1.51 bits per heavy atom. The summed E-state index contributed by atoms with van der Waals surface area (Å²) in [6.07, 6.45) is 24.4. The van der Waals surface area contributed by atoms with Gasteiger partial charge in [-0.3, -0.25) is 0 Å². The number of nitrogens with one attached hydrogen (secondary N) is 1. The molecule has 0 bridgehead atoms. The van der Waals surface area contributed by atoms with Gasteiger partial charge in [-0.2, -0.15) is 0 Å². The fourth-order valence-electron chi connectivity index (χ4n) is 5.81. The number of halogens is 2. The molecule has 0 saturated carbocycles. The highest BCUT2D eigenvalue weighted by atomic mass is 79.9. The van der Waals surface area contributed by atoms with Crippen LogP contribution >= 0.6 is 31.9 Å². The molecule has 1 aromatic rings. The van der Waals surface area contributed by atoms with Gasteiger partial charge in [-0.25, -0.2) is 9.59 Å². The number of hydrogen-bond donors (Lipinski definition) is 1. The molecule has 1 aliphatic heterocycles. The SMILES string of the molecule is CCCCCCCCCCCCOC(=O)C1=C(c2ccccc2)C(C(=O)OCCCCCCCCCCCC)=C(C(Br)Br)NC1. The highest BCUT2D eigenvalue weighted by Gasteiger charge is 2.34. The van der Waals surface area contributed by atoms with E-state index in [0.29, 0.717) is 35.6 Å². The number of unbranched alkanes of at least 4 members (excludes halogenated alkanes) is 18. The lowest BCUT2D eigenvalue weighted by atomic mass is 9.89. The monoisotopic (exact) mass is 751 g/mol. The number of esters is 2. The summed E-state index contributed by atoms with van der Waals surface area (Å²) in [6, 6.07) is 9.63. The average molecular weight is 754 g/mol. The summed E-state index contributed by atoms with van der Waals surface area (Å²) in [6.45, 7) is 5.52. The Bertz CT molecular complexity index is 1020. The van der Waals surface area contributed by atoms with E-state index in [1.165, 1.54) is 96.3 Å². The van der Waals surface area contributed by atoms with Gasteiger partial charge in [0, 0.05) is 12.1 Å². The van der Waals surface area contributed by atoms with Crippen molar-refractivity contribution in [2.24, 2.45) is 0 Å². The maximum Gasteiger partial charge on any atom is 0.340 e. The van der Waals surface area contributed by atoms with E-state index in [-0.39, 0.29) is 16.3 Å². The van der Waals surface area contributed by atoms with Gasteiger partial charge in [-0.05, 0) is 18.4 Å². The molecular formula is C38H59Br2NO4. The van der Waals surface area contributed by atoms with Gasteiger partial charge < -0.3 is 14.8 Å². The molecule has 0 unspecified atom stereocenters. The summed E-state index contributed by atoms with van der Waals surface area (Å²) in [4.78, 5) is 27.1. The lowest BCUT2D eigenvalue weighted by molar-refractivity contribution is -0.139. The number of hydrogen-bond acceptors (Lipinski definition) is 5. The number of rotatable bonds is 26. The van der Waals surface area contributed by atoms with Crippen molar-refractivity contribution in [2.75, 3.05) is 19.8 Å². The Morgan fingerprint density at radius 1 is 0.644 bits per heavy atom. The second-order valence-corrected chi connectivity index (χ2v) is 15.4. The Balaban J connectivity index is 1.95. The summed E-state index contributed by atoms with van der Waals surface area (Å²) in [7, 11) is 0. The quantitative estimate of drug-likeness (QED) is 0.0580. The molecule has 0 saturated heterocycles. The summed E-state index contributed by atoms with van der Waals surface area (Å²) >= 11 is 7.16. The number of benzene rings is 1. The van der Waals surface area contributed by atoms with Crippen molar-refractivity contribution in [2.45, 2.75) is 146 Å². The fraction of sp³-hybridized carbons (Fsp3) is 0.684. The molecule has 5 nitrogen and oxygen atoms in total. The van der Waals surface area contributed by atoms with Crippen LogP contribution in [0.4, 0.5) is 0 Å². The summed E-state index contributed by atoms with van der Waals surface area (Å²) in [5.74, 6) is -0.798. The van der Waals surface area contributed by atoms with Crippen molar-refractivity contribution in [1.82, 2.24) is 5.32 Å². The maximum atomic E-state index is 13.6. The van der Waals surface area contributed by atoms with Gasteiger partial charge >= 0.3 is 11.9 Å². The first-order valence-electron chi connectivity index (χ1n) is 17.9. The van der Waals surface area contributed by atoms with Gasteiger partial charge in [0.15, 0.2) is 0 Å². The van der Waals surface area contributed by atoms with Crippen LogP contribution in [0.5, 0.6) is 0 Å². The van der Waals surface area contributed by atoms with E-state index >= 15 is 0 Å². The normalized spacial score (nSPS) is 13.4. The van der Waals surface area contributed by atoms with E-state index < -0.39 is 5.97 Å². The van der Waals surface area contributed by atoms with Crippen molar-refractivity contribution >= 4 is 49.4 Å². The Kier molecular flexibility index (Phi) is 22.4. The van der Waals surface area contributed by atoms with Crippen LogP contribution in [0.1, 0.15) is 148 Å². The van der Waals surface area contributed by atoms with Crippen LogP contribution in [0.25, 0.3) is 5.57 Å². The first-order chi connectivity index (χ1) is 22.0. The molecule has 1 N–H and O–H groups in total. The predicted molar refractivity (Wildman–Crippen MR) is 196 cm³/mol. The largest absolute Gasteiger partial charge is 0.462 e. The van der Waals surface area contributed by atoms with E-state index in [9.17, 15) is 9.59 Å². The topological polar surface area (TPSA) is 64.6 Å². The van der Waals surface area contributed by atoms with Crippen molar-refractivity contribution in [1.29, 1.82) is 0 Å². The van der Waals surface area contributed by atoms with Gasteiger partial charge in [0.05, 0.1) is 30.1 Å². The molecular weight excluding hydrogens is 694 g/mol. The molecule has 1 heterocycles. The van der Waals surface area contributed by atoms with Crippen LogP contribution in [0.2, 0.25) is 0 Å². The van der Waals surface area contributed by atoms with Gasteiger partial charge in [0.25, 0.3) is 0 Å². The molecule has 0 spiro atoms. The van der Waals surface area contributed by atoms with Gasteiger partial charge in [-0.1, -0.05) is 192 Å². The average Bonchev–Trinajstić information content (AvgIpc) is 3.05. The van der Waals surface area contributed by atoms with Crippen molar-refractivity contribution in [3.63, 3.8) is 0 Å². The maximum absolute atomic E-state index is 13.6. The van der Waals surface area contributed by atoms with E-state index in [1.54, 1.807) is 0 Å². The van der Waals surface area contributed by atoms with Crippen LogP contribution in [0, 0.1) is 0 Å². The standard InChI is InChI=1S/C38H59Br2NO4/c1-3-5-7-9-11-13-15-17-19-24-28-44-37(42)32-30-41-35(36(39)40)34(33(32)31-26-22-21-23-27-31)38(43)45-29-25-20-18-16-14-12-10-8-6-4-2/h21-23,26-27,36,41H,3-20,24-25,28-30H2,1-2H3. The molecule has 254 valence electrons. The molecule has 1 aliphatic rings. The number of alkyl halides is 2. The van der Waals surface area contributed by atoms with Gasteiger partial charge in [0.1, 0.15) is 3.74 Å². The van der Waals surface area contributed by atoms with Crippen LogP contribution in [-0.2, 0) is 19.1 Å². The Hall–Kier alpha value is -1.60. The van der Waals surface area contributed by atoms with Crippen LogP contribution in [-0.4, -0.2) is 35.4 Å². The molecule has 2 rings (SSSR count). The van der Waals surface area contributed by atoms with Gasteiger partial charge in [-0.15, -0.1) is 0 Å². The number of ether oxygens (including phenoxy) is 2. The minimum Gasteiger partial charge on any atom is -0.462 e. The van der Waals surface area contributed by atoms with E-state index in [1.807, 2.05) is 30.3 Å². The summed E-state index contributed by atoms with van der Waals surface area (Å²) < 4.78 is 11.3. The highest BCUT2D eigenvalue weighted by Crippen LogP contribution is 2.36. The Labute approximate surface area is 291 Å². The molecule has 0 atom stereocenters. The first kappa shape index (κ1) is 39.6. The third-order valence-corrected chi connectivity index (χ3v) is 9.39. The number of dihydropyridines is 1. The molecule has 45 heavy (non-hydrogen) atoms. The molecule has 0 aromatic heterocycles. The number of carbonyl (C=O) groups excluding carboxylic acids is 2. The summed E-state index contributed by atoms with van der Waals surface area (Å²) in [5.41, 5.74) is 2.89. The number of carbonyl (C=O) groups is 2. The zero-order chi connectivity index (χ0) is 32.5. The van der Waals surface area contributed by atoms with Crippen LogP contribution < -0.4 is 5.32 Å². The molecule has 0 fully saturated rings. The van der Waals surface area contributed by atoms with E-state index in [0.717, 1.165) is 37.7 Å². The minimum atomic E-state index is -0.420. The third kappa shape index (κ3) is 16.2. The third-order valence-electron chi connectivity index (χ3n) is 8.47. The molecule has 0 aliphatic carbocycles. The zero-order valence-electron chi connectivity index (χ0n) is 28.1. The van der Waals surface area contributed by atoms with Crippen LogP contribution in [0.15, 0.2) is 47.2 Å². The van der Waals surface area contributed by atoms with Crippen molar-refractivity contribution < 1.29 is 19.1 Å². The minimum absolute atomic E-state index is 0.277. The van der Waals surface area contributed by atoms with Crippen molar-refractivity contribution in [3.05, 3.63) is 52.7 Å².